The Hall–Kier alpha value is -3.05. The number of aromatic nitrogens is 2. The van der Waals surface area contributed by atoms with Crippen molar-refractivity contribution in [1.29, 1.82) is 0 Å². The third-order valence-electron chi connectivity index (χ3n) is 5.43. The Morgan fingerprint density at radius 3 is 3.07 bits per heavy atom. The Labute approximate surface area is 157 Å². The molecule has 2 aromatic heterocycles. The number of aryl methyl sites for hydroxylation is 1. The number of phenolic OH excluding ortho intramolecular Hbond substituents is 1. The Kier molecular flexibility index (Phi) is 3.76. The summed E-state index contributed by atoms with van der Waals surface area (Å²) in [5, 5.41) is 11.4. The van der Waals surface area contributed by atoms with Gasteiger partial charge in [0.05, 0.1) is 24.3 Å². The van der Waals surface area contributed by atoms with Crippen molar-refractivity contribution in [3.63, 3.8) is 0 Å². The van der Waals surface area contributed by atoms with Crippen LogP contribution in [-0.2, 0) is 13.0 Å². The molecular weight excluding hydrogens is 338 g/mol. The first kappa shape index (κ1) is 16.1. The van der Waals surface area contributed by atoms with E-state index in [1.54, 1.807) is 18.7 Å². The molecule has 0 aliphatic carbocycles. The molecule has 136 valence electrons. The van der Waals surface area contributed by atoms with E-state index >= 15 is 0 Å². The van der Waals surface area contributed by atoms with Crippen molar-refractivity contribution in [2.45, 2.75) is 25.9 Å². The number of benzene rings is 2. The summed E-state index contributed by atoms with van der Waals surface area (Å²) in [4.78, 5) is 10.3. The van der Waals surface area contributed by atoms with Crippen molar-refractivity contribution >= 4 is 11.0 Å². The predicted molar refractivity (Wildman–Crippen MR) is 104 cm³/mol. The third-order valence-corrected chi connectivity index (χ3v) is 5.43. The molecule has 5 nitrogen and oxygen atoms in total. The summed E-state index contributed by atoms with van der Waals surface area (Å²) >= 11 is 0. The first-order chi connectivity index (χ1) is 13.2. The number of nitrogens with one attached hydrogen (secondary N) is 1. The number of fused-ring (bicyclic) bond motifs is 2. The number of aromatic hydroxyl groups is 1. The first-order valence-electron chi connectivity index (χ1n) is 9.21. The molecular formula is C22H21N3O2. The van der Waals surface area contributed by atoms with Crippen molar-refractivity contribution in [2.24, 2.45) is 0 Å². The summed E-state index contributed by atoms with van der Waals surface area (Å²) in [5.74, 6) is 0.345. The zero-order valence-corrected chi connectivity index (χ0v) is 15.1. The fraction of sp³-hybridized carbons (Fsp3) is 0.227. The average Bonchev–Trinajstić information content (AvgIpc) is 3.32. The molecule has 3 heterocycles. The highest BCUT2D eigenvalue weighted by atomic mass is 16.3. The lowest BCUT2D eigenvalue weighted by molar-refractivity contribution is 0.198. The van der Waals surface area contributed by atoms with E-state index in [-0.39, 0.29) is 6.04 Å². The van der Waals surface area contributed by atoms with Crippen LogP contribution in [0.15, 0.2) is 59.5 Å². The summed E-state index contributed by atoms with van der Waals surface area (Å²) in [6, 6.07) is 14.1. The monoisotopic (exact) mass is 359 g/mol. The van der Waals surface area contributed by atoms with Gasteiger partial charge in [-0.2, -0.15) is 0 Å². The third kappa shape index (κ3) is 2.80. The van der Waals surface area contributed by atoms with Gasteiger partial charge in [0.1, 0.15) is 11.3 Å². The summed E-state index contributed by atoms with van der Waals surface area (Å²) in [6.45, 7) is 3.62. The fourth-order valence-corrected chi connectivity index (χ4v) is 4.08. The van der Waals surface area contributed by atoms with Gasteiger partial charge in [0.2, 0.25) is 0 Å². The second-order valence-electron chi connectivity index (χ2n) is 7.24. The molecule has 2 N–H and O–H groups in total. The number of rotatable bonds is 3. The smallest absolute Gasteiger partial charge is 0.133 e. The molecule has 0 fully saturated rings. The lowest BCUT2D eigenvalue weighted by atomic mass is 9.94. The molecule has 0 saturated carbocycles. The largest absolute Gasteiger partial charge is 0.508 e. The van der Waals surface area contributed by atoms with Gasteiger partial charge < -0.3 is 14.5 Å². The maximum absolute atomic E-state index is 10.3. The maximum Gasteiger partial charge on any atom is 0.133 e. The lowest BCUT2D eigenvalue weighted by Gasteiger charge is -2.35. The molecule has 5 heteroatoms. The zero-order chi connectivity index (χ0) is 18.4. The molecule has 0 spiro atoms. The van der Waals surface area contributed by atoms with Gasteiger partial charge in [0.25, 0.3) is 0 Å². The molecule has 27 heavy (non-hydrogen) atoms. The van der Waals surface area contributed by atoms with Crippen LogP contribution in [-0.4, -0.2) is 26.5 Å². The fourth-order valence-electron chi connectivity index (χ4n) is 4.08. The molecule has 0 amide bonds. The zero-order valence-electron chi connectivity index (χ0n) is 15.1. The molecule has 4 aromatic rings. The van der Waals surface area contributed by atoms with Crippen molar-refractivity contribution in [3.8, 4) is 5.75 Å². The Morgan fingerprint density at radius 2 is 2.15 bits per heavy atom. The van der Waals surface area contributed by atoms with Crippen molar-refractivity contribution in [3.05, 3.63) is 83.1 Å². The van der Waals surface area contributed by atoms with Crippen LogP contribution < -0.4 is 0 Å². The van der Waals surface area contributed by atoms with E-state index in [0.717, 1.165) is 40.8 Å². The second kappa shape index (κ2) is 6.28. The highest BCUT2D eigenvalue weighted by molar-refractivity contribution is 5.78. The van der Waals surface area contributed by atoms with E-state index < -0.39 is 0 Å². The number of hydrogen-bond donors (Lipinski definition) is 2. The molecule has 1 aliphatic heterocycles. The van der Waals surface area contributed by atoms with Gasteiger partial charge in [-0.25, -0.2) is 4.98 Å². The van der Waals surface area contributed by atoms with Crippen LogP contribution in [0.1, 0.15) is 34.1 Å². The number of furan rings is 1. The van der Waals surface area contributed by atoms with Crippen molar-refractivity contribution in [1.82, 2.24) is 14.9 Å². The van der Waals surface area contributed by atoms with Crippen LogP contribution >= 0.6 is 0 Å². The molecule has 0 unspecified atom stereocenters. The SMILES string of the molecule is Cc1ccc(O)c(CN2CCc3[nH]cnc3[C@H]2c2ccc3occc3c2)c1. The minimum Gasteiger partial charge on any atom is -0.508 e. The Bertz CT molecular complexity index is 1110. The molecule has 0 radical (unpaired) electrons. The van der Waals surface area contributed by atoms with Crippen molar-refractivity contribution < 1.29 is 9.52 Å². The van der Waals surface area contributed by atoms with Gasteiger partial charge in [0.15, 0.2) is 0 Å². The van der Waals surface area contributed by atoms with Crippen molar-refractivity contribution in [2.75, 3.05) is 6.54 Å². The van der Waals surface area contributed by atoms with Crippen LogP contribution in [0.4, 0.5) is 0 Å². The van der Waals surface area contributed by atoms with Gasteiger partial charge in [-0.15, -0.1) is 0 Å². The number of imidazole rings is 1. The minimum atomic E-state index is 0.0409. The minimum absolute atomic E-state index is 0.0409. The summed E-state index contributed by atoms with van der Waals surface area (Å²) in [6.07, 6.45) is 4.42. The average molecular weight is 359 g/mol. The highest BCUT2D eigenvalue weighted by Gasteiger charge is 2.31. The first-order valence-corrected chi connectivity index (χ1v) is 9.21. The number of H-pyrrole nitrogens is 1. The molecule has 5 rings (SSSR count). The lowest BCUT2D eigenvalue weighted by Crippen LogP contribution is -2.35. The number of hydrogen-bond acceptors (Lipinski definition) is 4. The maximum atomic E-state index is 10.3. The molecule has 2 aromatic carbocycles. The van der Waals surface area contributed by atoms with Gasteiger partial charge in [-0.05, 0) is 36.8 Å². The summed E-state index contributed by atoms with van der Waals surface area (Å²) < 4.78 is 5.50. The number of nitrogens with zero attached hydrogens (tertiary/aromatic N) is 2. The quantitative estimate of drug-likeness (QED) is 0.572. The molecule has 1 atom stereocenters. The highest BCUT2D eigenvalue weighted by Crippen LogP contribution is 2.36. The number of phenols is 1. The topological polar surface area (TPSA) is 65.3 Å². The van der Waals surface area contributed by atoms with Gasteiger partial charge in [-0.3, -0.25) is 4.90 Å². The molecule has 0 saturated heterocycles. The van der Waals surface area contributed by atoms with Gasteiger partial charge in [0, 0.05) is 36.2 Å². The van der Waals surface area contributed by atoms with Crippen LogP contribution in [0.5, 0.6) is 5.75 Å². The standard InChI is InChI=1S/C22H21N3O2/c1-14-2-4-19(26)17(10-14)12-25-8-6-18-21(24-13-23-18)22(25)16-3-5-20-15(11-16)7-9-27-20/h2-5,7,9-11,13,22,26H,6,8,12H2,1H3,(H,23,24)/t22-/m1/s1. The molecule has 0 bridgehead atoms. The summed E-state index contributed by atoms with van der Waals surface area (Å²) in [7, 11) is 0. The van der Waals surface area contributed by atoms with Gasteiger partial charge in [-0.1, -0.05) is 23.8 Å². The predicted octanol–water partition coefficient (Wildman–Crippen LogP) is 4.32. The number of aromatic amines is 1. The van der Waals surface area contributed by atoms with Gasteiger partial charge >= 0.3 is 0 Å². The second-order valence-corrected chi connectivity index (χ2v) is 7.24. The Balaban J connectivity index is 1.58. The van der Waals surface area contributed by atoms with E-state index in [1.807, 2.05) is 18.2 Å². The van der Waals surface area contributed by atoms with E-state index in [0.29, 0.717) is 12.3 Å². The van der Waals surface area contributed by atoms with Crippen LogP contribution in [0.2, 0.25) is 0 Å². The van der Waals surface area contributed by atoms with E-state index in [9.17, 15) is 5.11 Å². The summed E-state index contributed by atoms with van der Waals surface area (Å²) in [5.41, 5.74) is 6.43. The van der Waals surface area contributed by atoms with E-state index in [1.165, 1.54) is 11.3 Å². The van der Waals surface area contributed by atoms with Crippen LogP contribution in [0.25, 0.3) is 11.0 Å². The normalized spacial score (nSPS) is 17.3. The Morgan fingerprint density at radius 1 is 1.22 bits per heavy atom. The van der Waals surface area contributed by atoms with Crippen LogP contribution in [0.3, 0.4) is 0 Å². The van der Waals surface area contributed by atoms with E-state index in [4.69, 9.17) is 4.42 Å². The molecule has 1 aliphatic rings. The van der Waals surface area contributed by atoms with Crippen LogP contribution in [0, 0.1) is 6.92 Å². The van der Waals surface area contributed by atoms with E-state index in [2.05, 4.69) is 40.0 Å².